The Morgan fingerprint density at radius 3 is 2.00 bits per heavy atom. The Morgan fingerprint density at radius 1 is 1.11 bits per heavy atom. The van der Waals surface area contributed by atoms with Crippen LogP contribution in [0.4, 0.5) is 5.69 Å². The fourth-order valence-corrected chi connectivity index (χ4v) is 2.73. The van der Waals surface area contributed by atoms with Crippen molar-refractivity contribution in [1.82, 2.24) is 4.72 Å². The molecule has 0 aliphatic rings. The zero-order valence-electron chi connectivity index (χ0n) is 11.6. The highest BCUT2D eigenvalue weighted by Gasteiger charge is 2.25. The van der Waals surface area contributed by atoms with Crippen molar-refractivity contribution < 1.29 is 8.42 Å². The van der Waals surface area contributed by atoms with Crippen LogP contribution in [0.1, 0.15) is 27.7 Å². The first kappa shape index (κ1) is 15.0. The van der Waals surface area contributed by atoms with E-state index in [1.54, 1.807) is 31.3 Å². The first-order valence-corrected chi connectivity index (χ1v) is 7.45. The lowest BCUT2D eigenvalue weighted by molar-refractivity contribution is 0.317. The molecule has 0 radical (unpaired) electrons. The highest BCUT2D eigenvalue weighted by molar-refractivity contribution is 7.89. The maximum atomic E-state index is 12.2. The predicted octanol–water partition coefficient (Wildman–Crippen LogP) is 2.44. The Labute approximate surface area is 110 Å². The summed E-state index contributed by atoms with van der Waals surface area (Å²) in [6.07, 6.45) is 0. The van der Waals surface area contributed by atoms with E-state index >= 15 is 0 Å². The zero-order valence-corrected chi connectivity index (χ0v) is 12.4. The van der Waals surface area contributed by atoms with E-state index in [-0.39, 0.29) is 16.4 Å². The molecule has 0 amide bonds. The van der Waals surface area contributed by atoms with E-state index in [0.717, 1.165) is 5.69 Å². The summed E-state index contributed by atoms with van der Waals surface area (Å²) in [6, 6.07) is 6.56. The van der Waals surface area contributed by atoms with Crippen molar-refractivity contribution in [1.29, 1.82) is 0 Å². The largest absolute Gasteiger partial charge is 0.388 e. The van der Waals surface area contributed by atoms with Gasteiger partial charge in [0.1, 0.15) is 0 Å². The topological polar surface area (TPSA) is 58.2 Å². The second-order valence-corrected chi connectivity index (χ2v) is 7.20. The van der Waals surface area contributed by atoms with Gasteiger partial charge in [0.25, 0.3) is 0 Å². The van der Waals surface area contributed by atoms with E-state index in [4.69, 9.17) is 0 Å². The third kappa shape index (κ3) is 3.71. The summed E-state index contributed by atoms with van der Waals surface area (Å²) in [7, 11) is -1.65. The normalized spacial score (nSPS) is 14.3. The Bertz CT molecular complexity index is 487. The van der Waals surface area contributed by atoms with Crippen molar-refractivity contribution in [3.05, 3.63) is 24.3 Å². The molecular weight excluding hydrogens is 248 g/mol. The van der Waals surface area contributed by atoms with Gasteiger partial charge in [-0.2, -0.15) is 0 Å². The van der Waals surface area contributed by atoms with Crippen LogP contribution in [0, 0.1) is 5.41 Å². The van der Waals surface area contributed by atoms with Gasteiger partial charge in [-0.1, -0.05) is 20.8 Å². The second kappa shape index (κ2) is 5.28. The van der Waals surface area contributed by atoms with Crippen LogP contribution in [0.5, 0.6) is 0 Å². The van der Waals surface area contributed by atoms with Crippen LogP contribution in [-0.2, 0) is 10.0 Å². The number of hydrogen-bond acceptors (Lipinski definition) is 3. The predicted molar refractivity (Wildman–Crippen MR) is 75.2 cm³/mol. The van der Waals surface area contributed by atoms with E-state index < -0.39 is 10.0 Å². The van der Waals surface area contributed by atoms with Crippen molar-refractivity contribution >= 4 is 15.7 Å². The summed E-state index contributed by atoms with van der Waals surface area (Å²) in [5.74, 6) is 0. The summed E-state index contributed by atoms with van der Waals surface area (Å²) in [5, 5.41) is 2.96. The molecule has 1 atom stereocenters. The van der Waals surface area contributed by atoms with Gasteiger partial charge in [-0.15, -0.1) is 0 Å². The second-order valence-electron chi connectivity index (χ2n) is 5.48. The average molecular weight is 270 g/mol. The summed E-state index contributed by atoms with van der Waals surface area (Å²) < 4.78 is 27.0. The van der Waals surface area contributed by atoms with Gasteiger partial charge < -0.3 is 5.32 Å². The monoisotopic (exact) mass is 270 g/mol. The van der Waals surface area contributed by atoms with Crippen LogP contribution < -0.4 is 10.0 Å². The number of rotatable bonds is 4. The highest BCUT2D eigenvalue weighted by Crippen LogP contribution is 2.21. The standard InChI is InChI=1S/C13H22N2O2S/c1-10(13(2,3)4)15-18(16,17)12-8-6-11(14-5)7-9-12/h6-10,14-15H,1-5H3. The molecule has 0 aliphatic heterocycles. The maximum Gasteiger partial charge on any atom is 0.240 e. The molecule has 0 fully saturated rings. The fraction of sp³-hybridized carbons (Fsp3) is 0.538. The van der Waals surface area contributed by atoms with Gasteiger partial charge in [0.2, 0.25) is 10.0 Å². The summed E-state index contributed by atoms with van der Waals surface area (Å²) >= 11 is 0. The van der Waals surface area contributed by atoms with Gasteiger partial charge in [0.15, 0.2) is 0 Å². The van der Waals surface area contributed by atoms with Crippen LogP contribution in [0.2, 0.25) is 0 Å². The lowest BCUT2D eigenvalue weighted by atomic mass is 9.89. The van der Waals surface area contributed by atoms with E-state index in [9.17, 15) is 8.42 Å². The summed E-state index contributed by atoms with van der Waals surface area (Å²) in [6.45, 7) is 7.89. The first-order valence-electron chi connectivity index (χ1n) is 5.97. The first-order chi connectivity index (χ1) is 8.16. The molecule has 0 saturated heterocycles. The molecular formula is C13H22N2O2S. The molecule has 18 heavy (non-hydrogen) atoms. The van der Waals surface area contributed by atoms with Crippen LogP contribution in [-0.4, -0.2) is 21.5 Å². The Hall–Kier alpha value is -1.07. The Morgan fingerprint density at radius 2 is 1.61 bits per heavy atom. The Balaban J connectivity index is 2.93. The van der Waals surface area contributed by atoms with Gasteiger partial charge in [0, 0.05) is 18.8 Å². The van der Waals surface area contributed by atoms with E-state index in [2.05, 4.69) is 10.0 Å². The third-order valence-corrected chi connectivity index (χ3v) is 4.64. The lowest BCUT2D eigenvalue weighted by Crippen LogP contribution is -2.41. The molecule has 2 N–H and O–H groups in total. The number of benzene rings is 1. The van der Waals surface area contributed by atoms with Gasteiger partial charge in [-0.25, -0.2) is 13.1 Å². The third-order valence-electron chi connectivity index (χ3n) is 3.08. The highest BCUT2D eigenvalue weighted by atomic mass is 32.2. The molecule has 1 rings (SSSR count). The molecule has 1 aromatic carbocycles. The van der Waals surface area contributed by atoms with Crippen molar-refractivity contribution in [3.8, 4) is 0 Å². The maximum absolute atomic E-state index is 12.2. The van der Waals surface area contributed by atoms with Gasteiger partial charge >= 0.3 is 0 Å². The van der Waals surface area contributed by atoms with Gasteiger partial charge in [0.05, 0.1) is 4.90 Å². The lowest BCUT2D eigenvalue weighted by Gasteiger charge is -2.27. The minimum absolute atomic E-state index is 0.113. The average Bonchev–Trinajstić information content (AvgIpc) is 2.27. The molecule has 1 aromatic rings. The summed E-state index contributed by atoms with van der Waals surface area (Å²) in [5.41, 5.74) is 0.774. The minimum Gasteiger partial charge on any atom is -0.388 e. The molecule has 0 heterocycles. The van der Waals surface area contributed by atoms with E-state index in [1.807, 2.05) is 27.7 Å². The molecule has 0 saturated carbocycles. The van der Waals surface area contributed by atoms with E-state index in [1.165, 1.54) is 0 Å². The van der Waals surface area contributed by atoms with Crippen LogP contribution >= 0.6 is 0 Å². The van der Waals surface area contributed by atoms with Crippen molar-refractivity contribution in [2.75, 3.05) is 12.4 Å². The molecule has 0 aromatic heterocycles. The fourth-order valence-electron chi connectivity index (χ4n) is 1.28. The molecule has 0 bridgehead atoms. The van der Waals surface area contributed by atoms with E-state index in [0.29, 0.717) is 0 Å². The van der Waals surface area contributed by atoms with Crippen LogP contribution in [0.3, 0.4) is 0 Å². The number of anilines is 1. The summed E-state index contributed by atoms with van der Waals surface area (Å²) in [4.78, 5) is 0.289. The minimum atomic E-state index is -3.45. The number of nitrogens with one attached hydrogen (secondary N) is 2. The number of hydrogen-bond donors (Lipinski definition) is 2. The Kier molecular flexibility index (Phi) is 4.40. The van der Waals surface area contributed by atoms with Crippen LogP contribution in [0.25, 0.3) is 0 Å². The molecule has 102 valence electrons. The zero-order chi connectivity index (χ0) is 14.0. The molecule has 5 heteroatoms. The molecule has 0 spiro atoms. The van der Waals surface area contributed by atoms with Gasteiger partial charge in [-0.3, -0.25) is 0 Å². The van der Waals surface area contributed by atoms with Crippen molar-refractivity contribution in [3.63, 3.8) is 0 Å². The number of sulfonamides is 1. The molecule has 0 aliphatic carbocycles. The molecule has 1 unspecified atom stereocenters. The van der Waals surface area contributed by atoms with Gasteiger partial charge in [-0.05, 0) is 36.6 Å². The van der Waals surface area contributed by atoms with Crippen LogP contribution in [0.15, 0.2) is 29.2 Å². The quantitative estimate of drug-likeness (QED) is 0.883. The smallest absolute Gasteiger partial charge is 0.240 e. The SMILES string of the molecule is CNc1ccc(S(=O)(=O)NC(C)C(C)(C)C)cc1. The van der Waals surface area contributed by atoms with Crippen molar-refractivity contribution in [2.24, 2.45) is 5.41 Å². The molecule has 4 nitrogen and oxygen atoms in total. The van der Waals surface area contributed by atoms with Crippen molar-refractivity contribution in [2.45, 2.75) is 38.6 Å².